The Morgan fingerprint density at radius 1 is 1.21 bits per heavy atom. The van der Waals surface area contributed by atoms with Crippen molar-refractivity contribution in [2.45, 2.75) is 53.2 Å². The molecule has 0 aliphatic heterocycles. The van der Waals surface area contributed by atoms with Gasteiger partial charge < -0.3 is 9.47 Å². The molecule has 1 atom stereocenters. The van der Waals surface area contributed by atoms with Crippen molar-refractivity contribution in [3.63, 3.8) is 0 Å². The second kappa shape index (κ2) is 8.39. The first-order valence-corrected chi connectivity index (χ1v) is 8.98. The third-order valence-corrected chi connectivity index (χ3v) is 4.81. The molecule has 0 unspecified atom stereocenters. The normalized spacial score (nSPS) is 12.4. The third kappa shape index (κ3) is 4.64. The lowest BCUT2D eigenvalue weighted by atomic mass is 10.0. The molecule has 0 radical (unpaired) electrons. The van der Waals surface area contributed by atoms with Gasteiger partial charge in [-0.1, -0.05) is 44.5 Å². The highest BCUT2D eigenvalue weighted by atomic mass is 35.5. The van der Waals surface area contributed by atoms with Crippen LogP contribution in [0, 0.1) is 5.92 Å². The van der Waals surface area contributed by atoms with Crippen molar-refractivity contribution in [2.75, 3.05) is 0 Å². The van der Waals surface area contributed by atoms with E-state index in [0.29, 0.717) is 18.9 Å². The molecule has 3 nitrogen and oxygen atoms in total. The summed E-state index contributed by atoms with van der Waals surface area (Å²) in [5.74, 6) is 0.628. The highest BCUT2D eigenvalue weighted by Gasteiger charge is 2.22. The maximum atomic E-state index is 12.4. The molecule has 2 aromatic rings. The molecular weight excluding hydrogens is 320 g/mol. The number of carbonyl (C=O) groups excluding carboxylic acids is 1. The Bertz CT molecular complexity index is 678. The molecule has 24 heavy (non-hydrogen) atoms. The van der Waals surface area contributed by atoms with E-state index in [9.17, 15) is 4.79 Å². The van der Waals surface area contributed by atoms with Gasteiger partial charge in [-0.2, -0.15) is 0 Å². The number of benzene rings is 1. The standard InChI is InChI=1S/C20H27ClN2O/c1-5-20(24)23(16(4)15(2)3)14-19-10-7-11-22(19)13-17-8-6-9-18(21)12-17/h6-12,15-16H,5,13-14H2,1-4H3/t16-/m1/s1. The minimum Gasteiger partial charge on any atom is -0.345 e. The van der Waals surface area contributed by atoms with E-state index in [2.05, 4.69) is 43.7 Å². The Balaban J connectivity index is 2.20. The van der Waals surface area contributed by atoms with Crippen LogP contribution in [0.4, 0.5) is 0 Å². The van der Waals surface area contributed by atoms with Crippen molar-refractivity contribution in [2.24, 2.45) is 5.92 Å². The fourth-order valence-corrected chi connectivity index (χ4v) is 2.99. The second-order valence-electron chi connectivity index (χ2n) is 6.62. The summed E-state index contributed by atoms with van der Waals surface area (Å²) in [6.07, 6.45) is 2.59. The van der Waals surface area contributed by atoms with Crippen LogP contribution in [-0.4, -0.2) is 21.4 Å². The fraction of sp³-hybridized carbons (Fsp3) is 0.450. The van der Waals surface area contributed by atoms with Crippen LogP contribution in [0.15, 0.2) is 42.6 Å². The zero-order valence-electron chi connectivity index (χ0n) is 15.0. The highest BCUT2D eigenvalue weighted by molar-refractivity contribution is 6.30. The summed E-state index contributed by atoms with van der Waals surface area (Å²) in [5, 5.41) is 0.748. The van der Waals surface area contributed by atoms with Gasteiger partial charge in [0.15, 0.2) is 0 Å². The summed E-state index contributed by atoms with van der Waals surface area (Å²) in [4.78, 5) is 14.4. The van der Waals surface area contributed by atoms with Crippen LogP contribution in [0.2, 0.25) is 5.02 Å². The van der Waals surface area contributed by atoms with Crippen LogP contribution in [0.25, 0.3) is 0 Å². The predicted molar refractivity (Wildman–Crippen MR) is 100 cm³/mol. The number of carbonyl (C=O) groups is 1. The predicted octanol–water partition coefficient (Wildman–Crippen LogP) is 4.97. The molecule has 4 heteroatoms. The summed E-state index contributed by atoms with van der Waals surface area (Å²) in [6.45, 7) is 9.76. The summed E-state index contributed by atoms with van der Waals surface area (Å²) in [5.41, 5.74) is 2.30. The second-order valence-corrected chi connectivity index (χ2v) is 7.05. The van der Waals surface area contributed by atoms with E-state index in [1.165, 1.54) is 0 Å². The molecule has 0 N–H and O–H groups in total. The smallest absolute Gasteiger partial charge is 0.222 e. The van der Waals surface area contributed by atoms with Crippen molar-refractivity contribution in [1.82, 2.24) is 9.47 Å². The largest absolute Gasteiger partial charge is 0.345 e. The number of hydrogen-bond donors (Lipinski definition) is 0. The Morgan fingerprint density at radius 2 is 1.96 bits per heavy atom. The van der Waals surface area contributed by atoms with Crippen molar-refractivity contribution < 1.29 is 4.79 Å². The first-order valence-electron chi connectivity index (χ1n) is 8.60. The fourth-order valence-electron chi connectivity index (χ4n) is 2.78. The number of nitrogens with zero attached hydrogens (tertiary/aromatic N) is 2. The molecule has 0 spiro atoms. The molecule has 2 rings (SSSR count). The molecule has 0 saturated heterocycles. The van der Waals surface area contributed by atoms with Crippen LogP contribution in [0.3, 0.4) is 0 Å². The Morgan fingerprint density at radius 3 is 2.58 bits per heavy atom. The zero-order valence-corrected chi connectivity index (χ0v) is 15.8. The highest BCUT2D eigenvalue weighted by Crippen LogP contribution is 2.18. The number of halogens is 1. The van der Waals surface area contributed by atoms with E-state index >= 15 is 0 Å². The van der Waals surface area contributed by atoms with E-state index in [4.69, 9.17) is 11.6 Å². The minimum atomic E-state index is 0.201. The Kier molecular flexibility index (Phi) is 6.50. The van der Waals surface area contributed by atoms with Crippen molar-refractivity contribution in [1.29, 1.82) is 0 Å². The van der Waals surface area contributed by atoms with Gasteiger partial charge >= 0.3 is 0 Å². The van der Waals surface area contributed by atoms with Gasteiger partial charge in [-0.05, 0) is 42.7 Å². The Labute approximate surface area is 150 Å². The van der Waals surface area contributed by atoms with E-state index in [-0.39, 0.29) is 11.9 Å². The van der Waals surface area contributed by atoms with Gasteiger partial charge in [0.05, 0.1) is 6.54 Å². The van der Waals surface area contributed by atoms with Crippen LogP contribution in [-0.2, 0) is 17.9 Å². The van der Waals surface area contributed by atoms with Crippen LogP contribution < -0.4 is 0 Å². The van der Waals surface area contributed by atoms with Gasteiger partial charge in [-0.25, -0.2) is 0 Å². The molecular formula is C20H27ClN2O. The van der Waals surface area contributed by atoms with Crippen LogP contribution in [0.1, 0.15) is 45.4 Å². The van der Waals surface area contributed by atoms with Crippen molar-refractivity contribution in [3.8, 4) is 0 Å². The summed E-state index contributed by atoms with van der Waals surface area (Å²) < 4.78 is 2.19. The molecule has 1 aromatic carbocycles. The first-order chi connectivity index (χ1) is 11.4. The van der Waals surface area contributed by atoms with Crippen LogP contribution in [0.5, 0.6) is 0 Å². The number of hydrogen-bond acceptors (Lipinski definition) is 1. The average molecular weight is 347 g/mol. The molecule has 0 saturated carbocycles. The molecule has 1 amide bonds. The number of rotatable bonds is 7. The molecule has 0 bridgehead atoms. The number of aromatic nitrogens is 1. The zero-order chi connectivity index (χ0) is 17.7. The SMILES string of the molecule is CCC(=O)N(Cc1cccn1Cc1cccc(Cl)c1)[C@H](C)C(C)C. The van der Waals surface area contributed by atoms with Gasteiger partial charge in [-0.15, -0.1) is 0 Å². The topological polar surface area (TPSA) is 25.2 Å². The monoisotopic (exact) mass is 346 g/mol. The molecule has 0 fully saturated rings. The maximum Gasteiger partial charge on any atom is 0.222 e. The van der Waals surface area contributed by atoms with E-state index in [0.717, 1.165) is 22.8 Å². The summed E-state index contributed by atoms with van der Waals surface area (Å²) >= 11 is 6.08. The summed E-state index contributed by atoms with van der Waals surface area (Å²) in [7, 11) is 0. The van der Waals surface area contributed by atoms with Gasteiger partial charge in [0.2, 0.25) is 5.91 Å². The third-order valence-electron chi connectivity index (χ3n) is 4.58. The number of amides is 1. The van der Waals surface area contributed by atoms with Crippen LogP contribution >= 0.6 is 11.6 Å². The van der Waals surface area contributed by atoms with E-state index < -0.39 is 0 Å². The van der Waals surface area contributed by atoms with E-state index in [1.807, 2.05) is 36.1 Å². The molecule has 130 valence electrons. The van der Waals surface area contributed by atoms with Gasteiger partial charge in [0.1, 0.15) is 0 Å². The van der Waals surface area contributed by atoms with E-state index in [1.54, 1.807) is 0 Å². The minimum absolute atomic E-state index is 0.201. The maximum absolute atomic E-state index is 12.4. The lowest BCUT2D eigenvalue weighted by Gasteiger charge is -2.32. The lowest BCUT2D eigenvalue weighted by Crippen LogP contribution is -2.41. The first kappa shape index (κ1) is 18.6. The van der Waals surface area contributed by atoms with Gasteiger partial charge in [0.25, 0.3) is 0 Å². The molecule has 0 aliphatic rings. The molecule has 1 heterocycles. The average Bonchev–Trinajstić information content (AvgIpc) is 2.98. The Hall–Kier alpha value is -1.74. The molecule has 0 aliphatic carbocycles. The lowest BCUT2D eigenvalue weighted by molar-refractivity contribution is -0.134. The van der Waals surface area contributed by atoms with Gasteiger partial charge in [-0.3, -0.25) is 4.79 Å². The quantitative estimate of drug-likeness (QED) is 0.694. The van der Waals surface area contributed by atoms with Gasteiger partial charge in [0, 0.05) is 35.9 Å². The molecule has 1 aromatic heterocycles. The van der Waals surface area contributed by atoms with Crippen molar-refractivity contribution >= 4 is 17.5 Å². The summed E-state index contributed by atoms with van der Waals surface area (Å²) in [6, 6.07) is 12.2. The van der Waals surface area contributed by atoms with Crippen molar-refractivity contribution in [3.05, 3.63) is 58.9 Å².